The molecule has 2 aromatic rings. The lowest BCUT2D eigenvalue weighted by Gasteiger charge is -2.13. The fourth-order valence-electron chi connectivity index (χ4n) is 2.01. The van der Waals surface area contributed by atoms with Crippen molar-refractivity contribution in [3.63, 3.8) is 0 Å². The number of benzene rings is 1. The van der Waals surface area contributed by atoms with Crippen molar-refractivity contribution in [2.24, 2.45) is 0 Å². The number of hydrogen-bond donors (Lipinski definition) is 3. The van der Waals surface area contributed by atoms with Crippen LogP contribution in [0.2, 0.25) is 0 Å². The predicted octanol–water partition coefficient (Wildman–Crippen LogP) is 0.698. The van der Waals surface area contributed by atoms with Crippen LogP contribution in [0, 0.1) is 0 Å². The molecule has 128 valence electrons. The SMILES string of the molecule is COc1cc(NS(C)(=O)=O)c(O)cc1NC(=O)C[n+]1ccccc1. The normalized spacial score (nSPS) is 10.9. The van der Waals surface area contributed by atoms with E-state index in [-0.39, 0.29) is 35.3 Å². The minimum atomic E-state index is -3.56. The molecule has 0 saturated carbocycles. The second-order valence-corrected chi connectivity index (χ2v) is 6.79. The first-order valence-electron chi connectivity index (χ1n) is 6.91. The van der Waals surface area contributed by atoms with Crippen molar-refractivity contribution >= 4 is 27.3 Å². The van der Waals surface area contributed by atoms with Gasteiger partial charge in [-0.3, -0.25) is 9.52 Å². The average Bonchev–Trinajstić information content (AvgIpc) is 2.49. The number of phenolic OH excluding ortho intramolecular Hbond substituents is 1. The summed E-state index contributed by atoms with van der Waals surface area (Å²) in [5.74, 6) is -0.443. The summed E-state index contributed by atoms with van der Waals surface area (Å²) >= 11 is 0. The van der Waals surface area contributed by atoms with Crippen molar-refractivity contribution in [3.8, 4) is 11.5 Å². The van der Waals surface area contributed by atoms with Crippen LogP contribution in [0.3, 0.4) is 0 Å². The Bertz CT molecular complexity index is 838. The number of aromatic nitrogens is 1. The van der Waals surface area contributed by atoms with Crippen molar-refractivity contribution in [1.82, 2.24) is 0 Å². The maximum Gasteiger partial charge on any atom is 0.290 e. The standard InChI is InChI=1S/C15H17N3O5S/c1-23-14-9-11(17-24(2,21)22)13(19)8-12(14)16-15(20)10-18-6-4-3-5-7-18/h3-9,17H,10H2,1-2H3,(H-,16,19,20)/p+1. The van der Waals surface area contributed by atoms with E-state index in [1.807, 2.05) is 6.07 Å². The van der Waals surface area contributed by atoms with E-state index in [1.54, 1.807) is 29.1 Å². The molecule has 8 nitrogen and oxygen atoms in total. The topological polar surface area (TPSA) is 109 Å². The number of ether oxygens (including phenoxy) is 1. The minimum absolute atomic E-state index is 0.0372. The minimum Gasteiger partial charge on any atom is -0.506 e. The average molecular weight is 352 g/mol. The van der Waals surface area contributed by atoms with Crippen molar-refractivity contribution in [1.29, 1.82) is 0 Å². The number of pyridine rings is 1. The molecule has 24 heavy (non-hydrogen) atoms. The second-order valence-electron chi connectivity index (χ2n) is 5.04. The Balaban J connectivity index is 2.20. The molecule has 1 aromatic carbocycles. The van der Waals surface area contributed by atoms with Gasteiger partial charge in [0.2, 0.25) is 16.6 Å². The summed E-state index contributed by atoms with van der Waals surface area (Å²) in [5.41, 5.74) is 0.195. The lowest BCUT2D eigenvalue weighted by Crippen LogP contribution is -2.39. The number of sulfonamides is 1. The number of nitrogens with zero attached hydrogens (tertiary/aromatic N) is 1. The molecule has 9 heteroatoms. The highest BCUT2D eigenvalue weighted by Crippen LogP contribution is 2.36. The number of aromatic hydroxyl groups is 1. The van der Waals surface area contributed by atoms with Crippen LogP contribution in [-0.4, -0.2) is 32.8 Å². The van der Waals surface area contributed by atoms with Crippen molar-refractivity contribution in [3.05, 3.63) is 42.7 Å². The summed E-state index contributed by atoms with van der Waals surface area (Å²) in [6.07, 6.45) is 4.45. The Labute approximate surface area is 139 Å². The molecule has 2 rings (SSSR count). The molecule has 0 radical (unpaired) electrons. The summed E-state index contributed by atoms with van der Waals surface area (Å²) in [5, 5.41) is 12.6. The molecule has 0 spiro atoms. The van der Waals surface area contributed by atoms with Crippen molar-refractivity contribution in [2.45, 2.75) is 6.54 Å². The smallest absolute Gasteiger partial charge is 0.290 e. The van der Waals surface area contributed by atoms with Crippen LogP contribution in [0.15, 0.2) is 42.7 Å². The van der Waals surface area contributed by atoms with Gasteiger partial charge in [-0.25, -0.2) is 8.42 Å². The van der Waals surface area contributed by atoms with Gasteiger partial charge in [-0.1, -0.05) is 6.07 Å². The lowest BCUT2D eigenvalue weighted by atomic mass is 10.2. The van der Waals surface area contributed by atoms with Crippen molar-refractivity contribution in [2.75, 3.05) is 23.4 Å². The number of hydrogen-bond acceptors (Lipinski definition) is 5. The molecule has 0 aliphatic carbocycles. The van der Waals surface area contributed by atoms with Crippen LogP contribution < -0.4 is 19.3 Å². The first-order chi connectivity index (χ1) is 11.3. The number of amides is 1. The van der Waals surface area contributed by atoms with E-state index in [0.29, 0.717) is 0 Å². The molecule has 0 unspecified atom stereocenters. The molecule has 1 aromatic heterocycles. The number of anilines is 2. The molecule has 0 aliphatic heterocycles. The third-order valence-electron chi connectivity index (χ3n) is 2.99. The summed E-state index contributed by atoms with van der Waals surface area (Å²) in [7, 11) is -2.18. The van der Waals surface area contributed by atoms with Gasteiger partial charge in [0.25, 0.3) is 5.91 Å². The molecule has 1 amide bonds. The van der Waals surface area contributed by atoms with Crippen LogP contribution in [-0.2, 0) is 21.4 Å². The van der Waals surface area contributed by atoms with Gasteiger partial charge in [0.15, 0.2) is 12.4 Å². The number of carbonyl (C=O) groups excluding carboxylic acids is 1. The van der Waals surface area contributed by atoms with Crippen LogP contribution in [0.5, 0.6) is 11.5 Å². The highest BCUT2D eigenvalue weighted by atomic mass is 32.2. The number of phenols is 1. The first-order valence-corrected chi connectivity index (χ1v) is 8.80. The largest absolute Gasteiger partial charge is 0.506 e. The Morgan fingerprint density at radius 3 is 2.46 bits per heavy atom. The van der Waals surface area contributed by atoms with Gasteiger partial charge < -0.3 is 15.2 Å². The molecule has 0 saturated heterocycles. The van der Waals surface area contributed by atoms with Crippen LogP contribution in [0.25, 0.3) is 0 Å². The lowest BCUT2D eigenvalue weighted by molar-refractivity contribution is -0.684. The van der Waals surface area contributed by atoms with E-state index in [9.17, 15) is 18.3 Å². The van der Waals surface area contributed by atoms with Crippen LogP contribution in [0.4, 0.5) is 11.4 Å². The van der Waals surface area contributed by atoms with Gasteiger partial charge in [-0.05, 0) is 0 Å². The maximum atomic E-state index is 12.1. The van der Waals surface area contributed by atoms with Crippen LogP contribution >= 0.6 is 0 Å². The highest BCUT2D eigenvalue weighted by molar-refractivity contribution is 7.92. The molecule has 1 heterocycles. The predicted molar refractivity (Wildman–Crippen MR) is 88.4 cm³/mol. The summed E-state index contributed by atoms with van der Waals surface area (Å²) in [6.45, 7) is 0.0775. The molecule has 0 fully saturated rings. The van der Waals surface area contributed by atoms with E-state index in [4.69, 9.17) is 4.74 Å². The quantitative estimate of drug-likeness (QED) is 0.524. The Morgan fingerprint density at radius 1 is 1.21 bits per heavy atom. The Morgan fingerprint density at radius 2 is 1.88 bits per heavy atom. The number of rotatable bonds is 6. The van der Waals surface area contributed by atoms with Gasteiger partial charge in [-0.2, -0.15) is 4.57 Å². The molecule has 0 aliphatic rings. The molecule has 0 bridgehead atoms. The summed E-state index contributed by atoms with van der Waals surface area (Å²) in [4.78, 5) is 12.1. The van der Waals surface area contributed by atoms with E-state index < -0.39 is 10.0 Å². The zero-order valence-corrected chi connectivity index (χ0v) is 14.0. The summed E-state index contributed by atoms with van der Waals surface area (Å²) in [6, 6.07) is 7.95. The van der Waals surface area contributed by atoms with E-state index in [1.165, 1.54) is 19.2 Å². The van der Waals surface area contributed by atoms with E-state index in [0.717, 1.165) is 6.26 Å². The Kier molecular flexibility index (Phi) is 5.24. The summed E-state index contributed by atoms with van der Waals surface area (Å²) < 4.78 is 31.6. The first kappa shape index (κ1) is 17.5. The molecular weight excluding hydrogens is 334 g/mol. The van der Waals surface area contributed by atoms with Crippen LogP contribution in [0.1, 0.15) is 0 Å². The maximum absolute atomic E-state index is 12.1. The van der Waals surface area contributed by atoms with E-state index >= 15 is 0 Å². The number of nitrogens with one attached hydrogen (secondary N) is 2. The highest BCUT2D eigenvalue weighted by Gasteiger charge is 2.16. The fraction of sp³-hybridized carbons (Fsp3) is 0.200. The zero-order chi connectivity index (χ0) is 17.7. The van der Waals surface area contributed by atoms with Crippen molar-refractivity contribution < 1.29 is 27.6 Å². The van der Waals surface area contributed by atoms with Gasteiger partial charge in [0.1, 0.15) is 11.5 Å². The van der Waals surface area contributed by atoms with Gasteiger partial charge in [0, 0.05) is 24.3 Å². The number of methoxy groups -OCH3 is 1. The van der Waals surface area contributed by atoms with E-state index in [2.05, 4.69) is 10.0 Å². The van der Waals surface area contributed by atoms with Gasteiger partial charge in [0.05, 0.1) is 24.7 Å². The third kappa shape index (κ3) is 4.85. The Hall–Kier alpha value is -2.81. The number of carbonyl (C=O) groups is 1. The monoisotopic (exact) mass is 352 g/mol. The molecule has 3 N–H and O–H groups in total. The van der Waals surface area contributed by atoms with Gasteiger partial charge >= 0.3 is 0 Å². The fourth-order valence-corrected chi connectivity index (χ4v) is 2.57. The zero-order valence-electron chi connectivity index (χ0n) is 13.2. The molecular formula is C15H18N3O5S+. The second kappa shape index (κ2) is 7.18. The van der Waals surface area contributed by atoms with Gasteiger partial charge in [-0.15, -0.1) is 0 Å². The molecule has 0 atom stereocenters. The third-order valence-corrected chi connectivity index (χ3v) is 3.58.